The zero-order valence-electron chi connectivity index (χ0n) is 12.8. The van der Waals surface area contributed by atoms with Crippen molar-refractivity contribution in [1.29, 1.82) is 5.26 Å². The number of hydrogen-bond donors (Lipinski definition) is 1. The van der Waals surface area contributed by atoms with Gasteiger partial charge in [-0.1, -0.05) is 24.6 Å². The molecule has 0 fully saturated rings. The van der Waals surface area contributed by atoms with Crippen LogP contribution in [-0.2, 0) is 0 Å². The summed E-state index contributed by atoms with van der Waals surface area (Å²) in [7, 11) is 0. The zero-order chi connectivity index (χ0) is 15.1. The van der Waals surface area contributed by atoms with Crippen LogP contribution in [0, 0.1) is 11.3 Å². The monoisotopic (exact) mass is 293 g/mol. The molecule has 4 heteroatoms. The van der Waals surface area contributed by atoms with Crippen LogP contribution in [0.2, 0.25) is 5.02 Å². The number of halogens is 1. The lowest BCUT2D eigenvalue weighted by Crippen LogP contribution is -2.31. The van der Waals surface area contributed by atoms with Gasteiger partial charge in [0.1, 0.15) is 0 Å². The highest BCUT2D eigenvalue weighted by Crippen LogP contribution is 2.29. The van der Waals surface area contributed by atoms with Crippen LogP contribution in [0.3, 0.4) is 0 Å². The van der Waals surface area contributed by atoms with Gasteiger partial charge in [0.25, 0.3) is 0 Å². The molecule has 0 aliphatic rings. The Kier molecular flexibility index (Phi) is 6.84. The van der Waals surface area contributed by atoms with Gasteiger partial charge in [-0.25, -0.2) is 0 Å². The fraction of sp³-hybridized carbons (Fsp3) is 0.562. The van der Waals surface area contributed by atoms with Crippen LogP contribution in [-0.4, -0.2) is 19.1 Å². The third-order valence-electron chi connectivity index (χ3n) is 3.38. The Hall–Kier alpha value is -1.24. The van der Waals surface area contributed by atoms with Crippen molar-refractivity contribution in [3.8, 4) is 6.07 Å². The van der Waals surface area contributed by atoms with E-state index in [-0.39, 0.29) is 6.04 Å². The molecule has 0 saturated carbocycles. The third kappa shape index (κ3) is 4.40. The molecule has 0 amide bonds. The summed E-state index contributed by atoms with van der Waals surface area (Å²) < 4.78 is 0. The van der Waals surface area contributed by atoms with Crippen molar-refractivity contribution < 1.29 is 0 Å². The maximum Gasteiger partial charge on any atom is 0.0640 e. The molecule has 1 aromatic carbocycles. The zero-order valence-corrected chi connectivity index (χ0v) is 13.5. The first-order valence-electron chi connectivity index (χ1n) is 7.17. The minimum atomic E-state index is 0.244. The van der Waals surface area contributed by atoms with Crippen LogP contribution in [0.1, 0.15) is 45.7 Å². The highest BCUT2D eigenvalue weighted by molar-refractivity contribution is 6.31. The van der Waals surface area contributed by atoms with Crippen LogP contribution in [0.5, 0.6) is 0 Å². The number of benzene rings is 1. The molecule has 0 bridgehead atoms. The lowest BCUT2D eigenvalue weighted by atomic mass is 10.1. The SMILES string of the molecule is CCNC(C)c1ccc(N(CCC#N)C(C)C)cc1Cl. The minimum Gasteiger partial charge on any atom is -0.368 e. The summed E-state index contributed by atoms with van der Waals surface area (Å²) >= 11 is 6.41. The molecule has 0 heterocycles. The second-order valence-corrected chi connectivity index (χ2v) is 5.59. The van der Waals surface area contributed by atoms with E-state index in [9.17, 15) is 0 Å². The van der Waals surface area contributed by atoms with Crippen molar-refractivity contribution in [3.63, 3.8) is 0 Å². The van der Waals surface area contributed by atoms with Crippen molar-refractivity contribution in [2.75, 3.05) is 18.0 Å². The van der Waals surface area contributed by atoms with Gasteiger partial charge in [-0.3, -0.25) is 0 Å². The highest BCUT2D eigenvalue weighted by Gasteiger charge is 2.14. The van der Waals surface area contributed by atoms with Crippen molar-refractivity contribution in [2.24, 2.45) is 0 Å². The Balaban J connectivity index is 2.97. The predicted octanol–water partition coefficient (Wildman–Crippen LogP) is 4.14. The molecule has 1 N–H and O–H groups in total. The van der Waals surface area contributed by atoms with Gasteiger partial charge in [0.05, 0.1) is 12.5 Å². The molecule has 20 heavy (non-hydrogen) atoms. The van der Waals surface area contributed by atoms with E-state index in [4.69, 9.17) is 16.9 Å². The lowest BCUT2D eigenvalue weighted by Gasteiger charge is -2.29. The summed E-state index contributed by atoms with van der Waals surface area (Å²) in [6.07, 6.45) is 0.519. The second-order valence-electron chi connectivity index (χ2n) is 5.18. The van der Waals surface area contributed by atoms with Gasteiger partial charge in [0.15, 0.2) is 0 Å². The largest absolute Gasteiger partial charge is 0.368 e. The third-order valence-corrected chi connectivity index (χ3v) is 3.71. The number of hydrogen-bond acceptors (Lipinski definition) is 3. The normalized spacial score (nSPS) is 12.2. The molecule has 1 rings (SSSR count). The number of nitrogens with zero attached hydrogens (tertiary/aromatic N) is 2. The molecular weight excluding hydrogens is 270 g/mol. The summed E-state index contributed by atoms with van der Waals surface area (Å²) in [5.41, 5.74) is 2.19. The van der Waals surface area contributed by atoms with E-state index >= 15 is 0 Å². The molecule has 0 aliphatic heterocycles. The smallest absolute Gasteiger partial charge is 0.0640 e. The molecule has 110 valence electrons. The summed E-state index contributed by atoms with van der Waals surface area (Å²) in [6, 6.07) is 8.95. The molecule has 0 radical (unpaired) electrons. The Labute approximate surface area is 127 Å². The topological polar surface area (TPSA) is 39.1 Å². The maximum atomic E-state index is 8.76. The summed E-state index contributed by atoms with van der Waals surface area (Å²) in [4.78, 5) is 2.21. The van der Waals surface area contributed by atoms with Gasteiger partial charge >= 0.3 is 0 Å². The van der Waals surface area contributed by atoms with Crippen LogP contribution in [0.25, 0.3) is 0 Å². The maximum absolute atomic E-state index is 8.76. The summed E-state index contributed by atoms with van der Waals surface area (Å²) in [6.45, 7) is 10.1. The van der Waals surface area contributed by atoms with Crippen molar-refractivity contribution >= 4 is 17.3 Å². The fourth-order valence-corrected chi connectivity index (χ4v) is 2.66. The van der Waals surface area contributed by atoms with Crippen LogP contribution in [0.15, 0.2) is 18.2 Å². The van der Waals surface area contributed by atoms with Gasteiger partial charge in [-0.05, 0) is 45.0 Å². The van der Waals surface area contributed by atoms with E-state index in [0.29, 0.717) is 12.5 Å². The molecule has 3 nitrogen and oxygen atoms in total. The van der Waals surface area contributed by atoms with Gasteiger partial charge in [-0.15, -0.1) is 0 Å². The second kappa shape index (κ2) is 8.14. The Morgan fingerprint density at radius 3 is 2.55 bits per heavy atom. The van der Waals surface area contributed by atoms with Gasteiger partial charge in [0.2, 0.25) is 0 Å². The first-order valence-corrected chi connectivity index (χ1v) is 7.55. The molecule has 0 aromatic heterocycles. The first-order chi connectivity index (χ1) is 9.51. The number of nitriles is 1. The standard InChI is InChI=1S/C16H24ClN3/c1-5-19-13(4)15-8-7-14(11-16(15)17)20(12(2)3)10-6-9-18/h7-8,11-13,19H,5-6,10H2,1-4H3. The summed E-state index contributed by atoms with van der Waals surface area (Å²) in [5.74, 6) is 0. The lowest BCUT2D eigenvalue weighted by molar-refractivity contribution is 0.598. The van der Waals surface area contributed by atoms with Crippen molar-refractivity contribution in [3.05, 3.63) is 28.8 Å². The Morgan fingerprint density at radius 1 is 1.35 bits per heavy atom. The Morgan fingerprint density at radius 2 is 2.05 bits per heavy atom. The van der Waals surface area contributed by atoms with Crippen molar-refractivity contribution in [2.45, 2.75) is 46.2 Å². The molecular formula is C16H24ClN3. The van der Waals surface area contributed by atoms with Crippen molar-refractivity contribution in [1.82, 2.24) is 5.32 Å². The Bertz CT molecular complexity index is 465. The minimum absolute atomic E-state index is 0.244. The van der Waals surface area contributed by atoms with Crippen LogP contribution < -0.4 is 10.2 Å². The average molecular weight is 294 g/mol. The van der Waals surface area contributed by atoms with E-state index in [0.717, 1.165) is 29.4 Å². The fourth-order valence-electron chi connectivity index (χ4n) is 2.32. The van der Waals surface area contributed by atoms with Gasteiger partial charge in [-0.2, -0.15) is 5.26 Å². The van der Waals surface area contributed by atoms with E-state index in [1.807, 2.05) is 6.07 Å². The van der Waals surface area contributed by atoms with E-state index in [1.165, 1.54) is 0 Å². The molecule has 1 unspecified atom stereocenters. The predicted molar refractivity (Wildman–Crippen MR) is 86.3 cm³/mol. The highest BCUT2D eigenvalue weighted by atomic mass is 35.5. The van der Waals surface area contributed by atoms with Crippen LogP contribution >= 0.6 is 11.6 Å². The molecule has 0 aliphatic carbocycles. The molecule has 0 saturated heterocycles. The van der Waals surface area contributed by atoms with E-state index < -0.39 is 0 Å². The number of nitrogens with one attached hydrogen (secondary N) is 1. The number of rotatable bonds is 7. The van der Waals surface area contributed by atoms with E-state index in [2.05, 4.69) is 56.1 Å². The molecule has 1 aromatic rings. The van der Waals surface area contributed by atoms with Crippen LogP contribution in [0.4, 0.5) is 5.69 Å². The quantitative estimate of drug-likeness (QED) is 0.821. The molecule has 1 atom stereocenters. The number of anilines is 1. The summed E-state index contributed by atoms with van der Waals surface area (Å²) in [5, 5.41) is 12.9. The molecule has 0 spiro atoms. The average Bonchev–Trinajstić information content (AvgIpc) is 2.39. The van der Waals surface area contributed by atoms with Gasteiger partial charge in [0, 0.05) is 29.3 Å². The van der Waals surface area contributed by atoms with E-state index in [1.54, 1.807) is 0 Å². The van der Waals surface area contributed by atoms with Gasteiger partial charge < -0.3 is 10.2 Å². The first kappa shape index (κ1) is 16.8.